The molecular formula is C17H20N2O3. The summed E-state index contributed by atoms with van der Waals surface area (Å²) in [6.07, 6.45) is 5.31. The lowest BCUT2D eigenvalue weighted by atomic mass is 9.93. The highest BCUT2D eigenvalue weighted by molar-refractivity contribution is 6.23. The van der Waals surface area contributed by atoms with Gasteiger partial charge in [0.25, 0.3) is 5.91 Å². The van der Waals surface area contributed by atoms with E-state index in [1.54, 1.807) is 25.1 Å². The van der Waals surface area contributed by atoms with Crippen LogP contribution in [0.4, 0.5) is 5.69 Å². The third kappa shape index (κ3) is 2.79. The van der Waals surface area contributed by atoms with Gasteiger partial charge in [0.15, 0.2) is 0 Å². The van der Waals surface area contributed by atoms with Gasteiger partial charge in [0.2, 0.25) is 11.8 Å². The first-order valence-electron chi connectivity index (χ1n) is 7.40. The van der Waals surface area contributed by atoms with Crippen molar-refractivity contribution in [3.8, 4) is 0 Å². The lowest BCUT2D eigenvalue weighted by Crippen LogP contribution is -2.33. The number of carbonyl (C=O) groups excluding carboxylic acids is 3. The number of imide groups is 1. The van der Waals surface area contributed by atoms with Crippen molar-refractivity contribution in [1.29, 1.82) is 0 Å². The standard InChI is InChI=1S/C17H20N2O3/c1-3-4-5-8-12-11(2)16(21)19(17(12)22)14-10-7-6-9-13(14)15(18)20/h4-7,9-12H,3,8H2,1-2H3,(H2,18,20). The van der Waals surface area contributed by atoms with Crippen LogP contribution in [0.2, 0.25) is 0 Å². The van der Waals surface area contributed by atoms with E-state index < -0.39 is 17.7 Å². The van der Waals surface area contributed by atoms with Crippen LogP contribution < -0.4 is 10.6 Å². The molecule has 1 aliphatic rings. The molecule has 0 radical (unpaired) electrons. The zero-order chi connectivity index (χ0) is 16.3. The van der Waals surface area contributed by atoms with Crippen molar-refractivity contribution in [1.82, 2.24) is 0 Å². The van der Waals surface area contributed by atoms with Crippen molar-refractivity contribution in [2.24, 2.45) is 17.6 Å². The second-order valence-corrected chi connectivity index (χ2v) is 5.40. The minimum Gasteiger partial charge on any atom is -0.366 e. The van der Waals surface area contributed by atoms with Crippen molar-refractivity contribution < 1.29 is 14.4 Å². The molecule has 0 saturated carbocycles. The van der Waals surface area contributed by atoms with Crippen molar-refractivity contribution in [2.75, 3.05) is 4.90 Å². The molecule has 22 heavy (non-hydrogen) atoms. The summed E-state index contributed by atoms with van der Waals surface area (Å²) in [4.78, 5) is 37.7. The van der Waals surface area contributed by atoms with E-state index in [4.69, 9.17) is 5.73 Å². The summed E-state index contributed by atoms with van der Waals surface area (Å²) in [5, 5.41) is 0. The van der Waals surface area contributed by atoms with Crippen molar-refractivity contribution in [2.45, 2.75) is 26.7 Å². The fraction of sp³-hybridized carbons (Fsp3) is 0.353. The molecule has 0 bridgehead atoms. The average molecular weight is 300 g/mol. The third-order valence-corrected chi connectivity index (χ3v) is 3.95. The largest absolute Gasteiger partial charge is 0.366 e. The fourth-order valence-corrected chi connectivity index (χ4v) is 2.69. The molecule has 3 amide bonds. The van der Waals surface area contributed by atoms with Gasteiger partial charge in [-0.1, -0.05) is 38.1 Å². The molecule has 0 spiro atoms. The van der Waals surface area contributed by atoms with Crippen molar-refractivity contribution >= 4 is 23.4 Å². The van der Waals surface area contributed by atoms with Crippen LogP contribution in [0.25, 0.3) is 0 Å². The number of nitrogens with zero attached hydrogens (tertiary/aromatic N) is 1. The number of para-hydroxylation sites is 1. The lowest BCUT2D eigenvalue weighted by Gasteiger charge is -2.17. The number of rotatable bonds is 5. The molecule has 2 rings (SSSR count). The Bertz CT molecular complexity index is 637. The number of allylic oxidation sites excluding steroid dienone is 2. The first-order chi connectivity index (χ1) is 10.5. The van der Waals surface area contributed by atoms with E-state index in [2.05, 4.69) is 0 Å². The Hall–Kier alpha value is -2.43. The highest BCUT2D eigenvalue weighted by Gasteiger charge is 2.45. The number of amides is 3. The Morgan fingerprint density at radius 2 is 1.91 bits per heavy atom. The van der Waals surface area contributed by atoms with Gasteiger partial charge in [-0.3, -0.25) is 14.4 Å². The van der Waals surface area contributed by atoms with Gasteiger partial charge >= 0.3 is 0 Å². The van der Waals surface area contributed by atoms with Crippen LogP contribution in [0.15, 0.2) is 36.4 Å². The maximum absolute atomic E-state index is 12.6. The van der Waals surface area contributed by atoms with Crippen molar-refractivity contribution in [3.63, 3.8) is 0 Å². The second-order valence-electron chi connectivity index (χ2n) is 5.40. The van der Waals surface area contributed by atoms with Gasteiger partial charge in [-0.15, -0.1) is 0 Å². The van der Waals surface area contributed by atoms with Crippen LogP contribution >= 0.6 is 0 Å². The SMILES string of the molecule is CCC=CCC1C(=O)N(c2ccccc2C(N)=O)C(=O)C1C. The van der Waals surface area contributed by atoms with E-state index in [-0.39, 0.29) is 23.1 Å². The van der Waals surface area contributed by atoms with Crippen LogP contribution in [0, 0.1) is 11.8 Å². The molecule has 1 aliphatic heterocycles. The molecule has 0 aromatic heterocycles. The molecule has 0 aliphatic carbocycles. The van der Waals surface area contributed by atoms with E-state index in [0.717, 1.165) is 11.3 Å². The first kappa shape index (κ1) is 15.9. The van der Waals surface area contributed by atoms with E-state index in [1.807, 2.05) is 19.1 Å². The Balaban J connectivity index is 2.37. The summed E-state index contributed by atoms with van der Waals surface area (Å²) in [5.74, 6) is -2.01. The molecule has 5 heteroatoms. The molecule has 1 aromatic rings. The lowest BCUT2D eigenvalue weighted by molar-refractivity contribution is -0.122. The van der Waals surface area contributed by atoms with Crippen LogP contribution in [0.3, 0.4) is 0 Å². The van der Waals surface area contributed by atoms with Gasteiger partial charge in [-0.05, 0) is 25.0 Å². The first-order valence-corrected chi connectivity index (χ1v) is 7.40. The number of carbonyl (C=O) groups is 3. The molecule has 1 aromatic carbocycles. The summed E-state index contributed by atoms with van der Waals surface area (Å²) in [6, 6.07) is 6.43. The molecule has 2 atom stereocenters. The molecule has 2 N–H and O–H groups in total. The highest BCUT2D eigenvalue weighted by Crippen LogP contribution is 2.34. The van der Waals surface area contributed by atoms with Crippen LogP contribution in [0.1, 0.15) is 37.0 Å². The summed E-state index contributed by atoms with van der Waals surface area (Å²) in [7, 11) is 0. The molecule has 1 heterocycles. The van der Waals surface area contributed by atoms with Crippen LogP contribution in [0.5, 0.6) is 0 Å². The third-order valence-electron chi connectivity index (χ3n) is 3.95. The number of nitrogens with two attached hydrogens (primary N) is 1. The number of hydrogen-bond acceptors (Lipinski definition) is 3. The smallest absolute Gasteiger partial charge is 0.250 e. The van der Waals surface area contributed by atoms with Gasteiger partial charge in [0.1, 0.15) is 0 Å². The fourth-order valence-electron chi connectivity index (χ4n) is 2.69. The summed E-state index contributed by atoms with van der Waals surface area (Å²) in [6.45, 7) is 3.76. The molecule has 1 fully saturated rings. The maximum atomic E-state index is 12.6. The van der Waals surface area contributed by atoms with E-state index in [9.17, 15) is 14.4 Å². The van der Waals surface area contributed by atoms with Crippen molar-refractivity contribution in [3.05, 3.63) is 42.0 Å². The minimum atomic E-state index is -0.654. The zero-order valence-electron chi connectivity index (χ0n) is 12.8. The normalized spacial score (nSPS) is 21.8. The van der Waals surface area contributed by atoms with E-state index >= 15 is 0 Å². The molecule has 5 nitrogen and oxygen atoms in total. The average Bonchev–Trinajstić information content (AvgIpc) is 2.71. The molecular weight excluding hydrogens is 280 g/mol. The Morgan fingerprint density at radius 1 is 1.23 bits per heavy atom. The molecule has 2 unspecified atom stereocenters. The van der Waals surface area contributed by atoms with Gasteiger partial charge in [0.05, 0.1) is 17.2 Å². The second kappa shape index (κ2) is 6.56. The summed E-state index contributed by atoms with van der Waals surface area (Å²) >= 11 is 0. The van der Waals surface area contributed by atoms with Gasteiger partial charge < -0.3 is 5.73 Å². The topological polar surface area (TPSA) is 80.5 Å². The van der Waals surface area contributed by atoms with Crippen LogP contribution in [-0.2, 0) is 9.59 Å². The van der Waals surface area contributed by atoms with E-state index in [1.165, 1.54) is 6.07 Å². The Kier molecular flexibility index (Phi) is 4.75. The minimum absolute atomic E-state index is 0.182. The predicted octanol–water partition coefficient (Wildman–Crippen LogP) is 2.27. The predicted molar refractivity (Wildman–Crippen MR) is 84.2 cm³/mol. The molecule has 1 saturated heterocycles. The number of benzene rings is 1. The van der Waals surface area contributed by atoms with Gasteiger partial charge in [-0.2, -0.15) is 0 Å². The number of hydrogen-bond donors (Lipinski definition) is 1. The maximum Gasteiger partial charge on any atom is 0.250 e. The van der Waals surface area contributed by atoms with Gasteiger partial charge in [-0.25, -0.2) is 4.90 Å². The Labute approximate surface area is 129 Å². The Morgan fingerprint density at radius 3 is 2.55 bits per heavy atom. The van der Waals surface area contributed by atoms with E-state index in [0.29, 0.717) is 6.42 Å². The summed E-state index contributed by atoms with van der Waals surface area (Å²) < 4.78 is 0. The quantitative estimate of drug-likeness (QED) is 0.669. The molecule has 116 valence electrons. The summed E-state index contributed by atoms with van der Waals surface area (Å²) in [5.41, 5.74) is 5.80. The van der Waals surface area contributed by atoms with Gasteiger partial charge in [0, 0.05) is 5.92 Å². The monoisotopic (exact) mass is 300 g/mol. The number of primary amides is 1. The van der Waals surface area contributed by atoms with Crippen LogP contribution in [-0.4, -0.2) is 17.7 Å². The highest BCUT2D eigenvalue weighted by atomic mass is 16.2. The number of anilines is 1. The zero-order valence-corrected chi connectivity index (χ0v) is 12.8.